The van der Waals surface area contributed by atoms with Gasteiger partial charge in [-0.1, -0.05) is 61.8 Å². The van der Waals surface area contributed by atoms with E-state index in [9.17, 15) is 4.79 Å². The van der Waals surface area contributed by atoms with Crippen LogP contribution in [-0.4, -0.2) is 10.9 Å². The van der Waals surface area contributed by atoms with Crippen LogP contribution in [0.3, 0.4) is 0 Å². The summed E-state index contributed by atoms with van der Waals surface area (Å²) in [5.74, 6) is 0.294. The number of halogens is 1. The van der Waals surface area contributed by atoms with E-state index in [4.69, 9.17) is 11.6 Å². The van der Waals surface area contributed by atoms with E-state index in [1.54, 1.807) is 6.08 Å². The van der Waals surface area contributed by atoms with Crippen molar-refractivity contribution in [3.63, 3.8) is 0 Å². The van der Waals surface area contributed by atoms with Gasteiger partial charge in [-0.25, -0.2) is 4.98 Å². The van der Waals surface area contributed by atoms with Crippen LogP contribution >= 0.6 is 22.9 Å². The fourth-order valence-corrected chi connectivity index (χ4v) is 3.69. The largest absolute Gasteiger partial charge is 0.298 e. The molecule has 3 rings (SSSR count). The highest BCUT2D eigenvalue weighted by Crippen LogP contribution is 2.31. The number of aryl methyl sites for hydroxylation is 1. The number of hydrogen-bond donors (Lipinski definition) is 1. The Morgan fingerprint density at radius 2 is 1.93 bits per heavy atom. The van der Waals surface area contributed by atoms with Gasteiger partial charge in [0.05, 0.1) is 5.69 Å². The maximum Gasteiger partial charge on any atom is 0.250 e. The first-order chi connectivity index (χ1) is 12.9. The molecule has 0 atom stereocenters. The lowest BCUT2D eigenvalue weighted by Gasteiger charge is -2.04. The van der Waals surface area contributed by atoms with Gasteiger partial charge in [-0.05, 0) is 42.2 Å². The monoisotopic (exact) mass is 396 g/mol. The van der Waals surface area contributed by atoms with Crippen LogP contribution in [0.15, 0.2) is 54.6 Å². The predicted molar refractivity (Wildman–Crippen MR) is 115 cm³/mol. The van der Waals surface area contributed by atoms with E-state index < -0.39 is 0 Å². The van der Waals surface area contributed by atoms with Crippen molar-refractivity contribution < 1.29 is 4.79 Å². The Morgan fingerprint density at radius 3 is 2.59 bits per heavy atom. The summed E-state index contributed by atoms with van der Waals surface area (Å²) < 4.78 is 0. The van der Waals surface area contributed by atoms with Crippen molar-refractivity contribution in [3.8, 4) is 11.3 Å². The number of carbonyl (C=O) groups is 1. The quantitative estimate of drug-likeness (QED) is 0.497. The topological polar surface area (TPSA) is 42.0 Å². The third-order valence-electron chi connectivity index (χ3n) is 4.16. The molecule has 2 aromatic carbocycles. The molecule has 0 aliphatic carbocycles. The zero-order valence-electron chi connectivity index (χ0n) is 15.5. The van der Waals surface area contributed by atoms with Crippen molar-refractivity contribution in [2.75, 3.05) is 5.32 Å². The number of anilines is 1. The summed E-state index contributed by atoms with van der Waals surface area (Å²) in [7, 11) is 0. The minimum Gasteiger partial charge on any atom is -0.298 e. The zero-order chi connectivity index (χ0) is 19.4. The normalized spacial score (nSPS) is 11.3. The van der Waals surface area contributed by atoms with E-state index in [2.05, 4.69) is 36.3 Å². The van der Waals surface area contributed by atoms with Gasteiger partial charge in [-0.3, -0.25) is 10.1 Å². The lowest BCUT2D eigenvalue weighted by molar-refractivity contribution is -0.111. The maximum absolute atomic E-state index is 12.2. The van der Waals surface area contributed by atoms with Crippen LogP contribution in [-0.2, 0) is 4.79 Å². The number of aromatic nitrogens is 1. The van der Waals surface area contributed by atoms with E-state index in [0.717, 1.165) is 21.7 Å². The Hall–Kier alpha value is -2.43. The Labute approximate surface area is 168 Å². The number of hydrogen-bond acceptors (Lipinski definition) is 3. The van der Waals surface area contributed by atoms with Gasteiger partial charge in [-0.2, -0.15) is 0 Å². The number of benzene rings is 2. The van der Waals surface area contributed by atoms with Crippen LogP contribution in [0.5, 0.6) is 0 Å². The highest BCUT2D eigenvalue weighted by Gasteiger charge is 2.11. The van der Waals surface area contributed by atoms with E-state index >= 15 is 0 Å². The number of thiazole rings is 1. The third kappa shape index (κ3) is 5.06. The van der Waals surface area contributed by atoms with Crippen molar-refractivity contribution in [1.82, 2.24) is 4.98 Å². The van der Waals surface area contributed by atoms with E-state index in [-0.39, 0.29) is 5.91 Å². The molecule has 1 aromatic heterocycles. The molecule has 0 aliphatic rings. The molecule has 0 saturated heterocycles. The number of rotatable bonds is 5. The van der Waals surface area contributed by atoms with Crippen LogP contribution < -0.4 is 5.32 Å². The summed E-state index contributed by atoms with van der Waals surface area (Å²) in [6.07, 6.45) is 3.33. The Balaban J connectivity index is 1.68. The molecule has 27 heavy (non-hydrogen) atoms. The predicted octanol–water partition coefficient (Wildman–Crippen LogP) is 6.55. The minimum atomic E-state index is -0.200. The van der Waals surface area contributed by atoms with Crippen LogP contribution in [0.4, 0.5) is 5.13 Å². The molecule has 3 nitrogen and oxygen atoms in total. The van der Waals surface area contributed by atoms with Crippen molar-refractivity contribution in [2.24, 2.45) is 0 Å². The smallest absolute Gasteiger partial charge is 0.250 e. The molecular formula is C22H21ClN2OS. The molecule has 0 radical (unpaired) electrons. The fraction of sp³-hybridized carbons (Fsp3) is 0.182. The lowest BCUT2D eigenvalue weighted by atomic mass is 10.0. The summed E-state index contributed by atoms with van der Waals surface area (Å²) >= 11 is 7.51. The highest BCUT2D eigenvalue weighted by atomic mass is 35.5. The molecule has 138 valence electrons. The van der Waals surface area contributed by atoms with Gasteiger partial charge in [-0.15, -0.1) is 11.3 Å². The number of amides is 1. The summed E-state index contributed by atoms with van der Waals surface area (Å²) in [4.78, 5) is 17.8. The third-order valence-corrected chi connectivity index (χ3v) is 5.28. The van der Waals surface area contributed by atoms with E-state index in [1.807, 2.05) is 43.3 Å². The molecule has 3 aromatic rings. The molecule has 0 unspecified atom stereocenters. The molecular weight excluding hydrogens is 376 g/mol. The molecule has 0 bridgehead atoms. The van der Waals surface area contributed by atoms with Crippen LogP contribution in [0, 0.1) is 6.92 Å². The number of nitrogens with one attached hydrogen (secondary N) is 1. The summed E-state index contributed by atoms with van der Waals surface area (Å²) in [5, 5.41) is 4.08. The average Bonchev–Trinajstić information content (AvgIpc) is 3.00. The van der Waals surface area contributed by atoms with E-state index in [1.165, 1.54) is 23.0 Å². The number of carbonyl (C=O) groups excluding carboxylic acids is 1. The molecule has 0 fully saturated rings. The summed E-state index contributed by atoms with van der Waals surface area (Å²) in [5.41, 5.74) is 4.05. The minimum absolute atomic E-state index is 0.200. The van der Waals surface area contributed by atoms with Crippen LogP contribution in [0.2, 0.25) is 5.02 Å². The second-order valence-corrected chi connectivity index (χ2v) is 8.22. The first-order valence-electron chi connectivity index (χ1n) is 8.75. The molecule has 5 heteroatoms. The van der Waals surface area contributed by atoms with Crippen LogP contribution in [0.1, 0.15) is 35.8 Å². The standard InChI is InChI=1S/C22H21ClN2OS/c1-14(2)17-10-7-16(8-11-17)9-12-20(26)24-22-25-21(15(3)27-22)18-5-4-6-19(23)13-18/h4-14H,1-3H3,(H,24,25,26). The zero-order valence-corrected chi connectivity index (χ0v) is 17.1. The van der Waals surface area contributed by atoms with Gasteiger partial charge in [0.1, 0.15) is 0 Å². The molecule has 0 spiro atoms. The molecule has 0 aliphatic heterocycles. The summed E-state index contributed by atoms with van der Waals surface area (Å²) in [6, 6.07) is 15.8. The molecule has 0 saturated carbocycles. The van der Waals surface area contributed by atoms with Gasteiger partial charge in [0.2, 0.25) is 5.91 Å². The molecule has 1 heterocycles. The van der Waals surface area contributed by atoms with Crippen LogP contribution in [0.25, 0.3) is 17.3 Å². The maximum atomic E-state index is 12.2. The van der Waals surface area contributed by atoms with E-state index in [0.29, 0.717) is 16.1 Å². The SMILES string of the molecule is Cc1sc(NC(=O)C=Cc2ccc(C(C)C)cc2)nc1-c1cccc(Cl)c1. The average molecular weight is 397 g/mol. The second-order valence-electron chi connectivity index (χ2n) is 6.58. The van der Waals surface area contributed by atoms with Gasteiger partial charge in [0, 0.05) is 21.5 Å². The summed E-state index contributed by atoms with van der Waals surface area (Å²) in [6.45, 7) is 6.30. The Bertz CT molecular complexity index is 974. The van der Waals surface area contributed by atoms with Gasteiger partial charge >= 0.3 is 0 Å². The van der Waals surface area contributed by atoms with Crippen molar-refractivity contribution in [3.05, 3.63) is 75.6 Å². The highest BCUT2D eigenvalue weighted by molar-refractivity contribution is 7.16. The number of nitrogens with zero attached hydrogens (tertiary/aromatic N) is 1. The lowest BCUT2D eigenvalue weighted by Crippen LogP contribution is -2.07. The van der Waals surface area contributed by atoms with Crippen molar-refractivity contribution in [1.29, 1.82) is 0 Å². The molecule has 1 amide bonds. The fourth-order valence-electron chi connectivity index (χ4n) is 2.66. The Kier molecular flexibility index (Phi) is 6.09. The first kappa shape index (κ1) is 19.3. The second kappa shape index (κ2) is 8.51. The Morgan fingerprint density at radius 1 is 1.19 bits per heavy atom. The van der Waals surface area contributed by atoms with Crippen molar-refractivity contribution >= 4 is 40.1 Å². The molecule has 1 N–H and O–H groups in total. The van der Waals surface area contributed by atoms with Gasteiger partial charge in [0.25, 0.3) is 0 Å². The van der Waals surface area contributed by atoms with Gasteiger partial charge < -0.3 is 0 Å². The van der Waals surface area contributed by atoms with Gasteiger partial charge in [0.15, 0.2) is 5.13 Å². The first-order valence-corrected chi connectivity index (χ1v) is 9.94. The van der Waals surface area contributed by atoms with Crippen molar-refractivity contribution in [2.45, 2.75) is 26.7 Å².